The van der Waals surface area contributed by atoms with E-state index in [-0.39, 0.29) is 11.1 Å². The Balaban J connectivity index is 1.76. The summed E-state index contributed by atoms with van der Waals surface area (Å²) in [7, 11) is 0. The van der Waals surface area contributed by atoms with E-state index in [9.17, 15) is 9.59 Å². The second-order valence-electron chi connectivity index (χ2n) is 5.47. The molecule has 1 aromatic heterocycles. The lowest BCUT2D eigenvalue weighted by Gasteiger charge is -2.09. The van der Waals surface area contributed by atoms with Crippen LogP contribution in [0, 0.1) is 0 Å². The first-order valence-corrected chi connectivity index (χ1v) is 7.73. The summed E-state index contributed by atoms with van der Waals surface area (Å²) in [5.74, 6) is 0.228. The fraction of sp³-hybridized carbons (Fsp3) is 0.294. The van der Waals surface area contributed by atoms with Crippen molar-refractivity contribution in [3.8, 4) is 0 Å². The first-order chi connectivity index (χ1) is 11.3. The summed E-state index contributed by atoms with van der Waals surface area (Å²) in [6.07, 6.45) is 6.71. The van der Waals surface area contributed by atoms with Gasteiger partial charge in [0.05, 0.1) is 6.21 Å². The van der Waals surface area contributed by atoms with Crippen LogP contribution in [0.1, 0.15) is 41.0 Å². The van der Waals surface area contributed by atoms with Crippen molar-refractivity contribution in [2.75, 3.05) is 0 Å². The van der Waals surface area contributed by atoms with E-state index in [4.69, 9.17) is 0 Å². The molecule has 6 heteroatoms. The van der Waals surface area contributed by atoms with Crippen LogP contribution in [-0.2, 0) is 13.0 Å². The highest BCUT2D eigenvalue weighted by Crippen LogP contribution is 2.10. The Morgan fingerprint density at radius 2 is 2.04 bits per heavy atom. The molecule has 3 rings (SSSR count). The van der Waals surface area contributed by atoms with Gasteiger partial charge in [-0.25, -0.2) is 10.4 Å². The molecule has 0 saturated heterocycles. The zero-order valence-electron chi connectivity index (χ0n) is 12.7. The lowest BCUT2D eigenvalue weighted by Crippen LogP contribution is -2.33. The highest BCUT2D eigenvalue weighted by molar-refractivity contribution is 5.94. The van der Waals surface area contributed by atoms with E-state index in [0.717, 1.165) is 37.1 Å². The molecule has 1 aliphatic heterocycles. The highest BCUT2D eigenvalue weighted by atomic mass is 16.2. The number of aromatic nitrogens is 2. The summed E-state index contributed by atoms with van der Waals surface area (Å²) in [4.78, 5) is 28.9. The molecule has 0 spiro atoms. The molecule has 1 N–H and O–H groups in total. The molecule has 0 saturated carbocycles. The lowest BCUT2D eigenvalue weighted by molar-refractivity contribution is 0.0952. The van der Waals surface area contributed by atoms with Crippen LogP contribution >= 0.6 is 0 Å². The second kappa shape index (κ2) is 7.00. The van der Waals surface area contributed by atoms with Gasteiger partial charge in [-0.2, -0.15) is 5.10 Å². The average molecular weight is 310 g/mol. The van der Waals surface area contributed by atoms with Gasteiger partial charge < -0.3 is 0 Å². The number of aryl methyl sites for hydroxylation is 1. The standard InChI is InChI=1S/C17H18N4O2/c22-16(20-19-11-13-7-3-1-4-8-13)14-12-18-15-9-5-2-6-10-21(15)17(14)23/h1,3-4,7-8,11-12H,2,5-6,9-10H2,(H,20,22)/b19-11+. The van der Waals surface area contributed by atoms with E-state index in [1.54, 1.807) is 4.57 Å². The number of rotatable bonds is 3. The number of fused-ring (bicyclic) bond motifs is 1. The first-order valence-electron chi connectivity index (χ1n) is 7.73. The zero-order chi connectivity index (χ0) is 16.1. The molecular weight excluding hydrogens is 292 g/mol. The lowest BCUT2D eigenvalue weighted by atomic mass is 10.2. The van der Waals surface area contributed by atoms with Crippen molar-refractivity contribution < 1.29 is 4.79 Å². The first kappa shape index (κ1) is 15.1. The van der Waals surface area contributed by atoms with Crippen molar-refractivity contribution >= 4 is 12.1 Å². The molecule has 0 fully saturated rings. The number of nitrogens with one attached hydrogen (secondary N) is 1. The maximum atomic E-state index is 12.5. The van der Waals surface area contributed by atoms with Crippen LogP contribution in [-0.4, -0.2) is 21.7 Å². The molecule has 0 atom stereocenters. The zero-order valence-corrected chi connectivity index (χ0v) is 12.7. The van der Waals surface area contributed by atoms with Gasteiger partial charge in [0, 0.05) is 19.2 Å². The molecule has 1 aromatic carbocycles. The molecule has 2 heterocycles. The van der Waals surface area contributed by atoms with Crippen molar-refractivity contribution in [3.63, 3.8) is 0 Å². The Bertz CT molecular complexity index is 781. The maximum absolute atomic E-state index is 12.5. The highest BCUT2D eigenvalue weighted by Gasteiger charge is 2.17. The number of carbonyl (C=O) groups excluding carboxylic acids is 1. The van der Waals surface area contributed by atoms with E-state index in [2.05, 4.69) is 15.5 Å². The molecule has 0 bridgehead atoms. The largest absolute Gasteiger partial charge is 0.296 e. The summed E-state index contributed by atoms with van der Waals surface area (Å²) in [6, 6.07) is 9.40. The van der Waals surface area contributed by atoms with Gasteiger partial charge in [-0.05, 0) is 18.4 Å². The van der Waals surface area contributed by atoms with Gasteiger partial charge in [-0.3, -0.25) is 14.2 Å². The fourth-order valence-electron chi connectivity index (χ4n) is 2.61. The van der Waals surface area contributed by atoms with Gasteiger partial charge in [0.25, 0.3) is 11.5 Å². The van der Waals surface area contributed by atoms with Crippen LogP contribution in [0.4, 0.5) is 0 Å². The Kier molecular flexibility index (Phi) is 4.61. The molecule has 0 radical (unpaired) electrons. The van der Waals surface area contributed by atoms with Crippen LogP contribution in [0.2, 0.25) is 0 Å². The molecule has 0 aliphatic carbocycles. The van der Waals surface area contributed by atoms with Crippen LogP contribution in [0.3, 0.4) is 0 Å². The topological polar surface area (TPSA) is 76.3 Å². The number of benzene rings is 1. The van der Waals surface area contributed by atoms with Gasteiger partial charge in [0.2, 0.25) is 0 Å². The van der Waals surface area contributed by atoms with Crippen LogP contribution in [0.5, 0.6) is 0 Å². The number of hydrogen-bond acceptors (Lipinski definition) is 4. The van der Waals surface area contributed by atoms with Gasteiger partial charge in [0.15, 0.2) is 0 Å². The quantitative estimate of drug-likeness (QED) is 0.693. The maximum Gasteiger partial charge on any atom is 0.278 e. The van der Waals surface area contributed by atoms with E-state index in [1.165, 1.54) is 12.4 Å². The smallest absolute Gasteiger partial charge is 0.278 e. The van der Waals surface area contributed by atoms with Gasteiger partial charge >= 0.3 is 0 Å². The molecular formula is C17H18N4O2. The SMILES string of the molecule is O=C(N/N=C/c1ccccc1)c1cnc2n(c1=O)CCCCC2. The number of hydrogen-bond donors (Lipinski definition) is 1. The summed E-state index contributed by atoms with van der Waals surface area (Å²) < 4.78 is 1.61. The summed E-state index contributed by atoms with van der Waals surface area (Å²) in [5, 5.41) is 3.89. The fourth-order valence-corrected chi connectivity index (χ4v) is 2.61. The third kappa shape index (κ3) is 3.53. The number of nitrogens with zero attached hydrogens (tertiary/aromatic N) is 3. The Labute approximate surface area is 133 Å². The van der Waals surface area contributed by atoms with E-state index in [0.29, 0.717) is 6.54 Å². The minimum Gasteiger partial charge on any atom is -0.296 e. The molecule has 118 valence electrons. The van der Waals surface area contributed by atoms with Crippen molar-refractivity contribution in [2.45, 2.75) is 32.2 Å². The van der Waals surface area contributed by atoms with Crippen molar-refractivity contribution in [1.82, 2.24) is 15.0 Å². The third-order valence-electron chi connectivity index (χ3n) is 3.84. The number of amides is 1. The number of hydrazone groups is 1. The van der Waals surface area contributed by atoms with E-state index < -0.39 is 5.91 Å². The van der Waals surface area contributed by atoms with Crippen LogP contribution in [0.25, 0.3) is 0 Å². The molecule has 6 nitrogen and oxygen atoms in total. The Morgan fingerprint density at radius 3 is 2.87 bits per heavy atom. The minimum absolute atomic E-state index is 0.0286. The van der Waals surface area contributed by atoms with Crippen molar-refractivity contribution in [3.05, 3.63) is 63.8 Å². The van der Waals surface area contributed by atoms with Gasteiger partial charge in [-0.1, -0.05) is 36.8 Å². The molecule has 23 heavy (non-hydrogen) atoms. The van der Waals surface area contributed by atoms with Crippen LogP contribution < -0.4 is 11.0 Å². The molecule has 0 unspecified atom stereocenters. The Hall–Kier alpha value is -2.76. The van der Waals surface area contributed by atoms with Crippen molar-refractivity contribution in [2.24, 2.45) is 5.10 Å². The van der Waals surface area contributed by atoms with Crippen LogP contribution in [0.15, 0.2) is 46.4 Å². The molecule has 1 amide bonds. The molecule has 1 aliphatic rings. The average Bonchev–Trinajstić information content (AvgIpc) is 2.82. The van der Waals surface area contributed by atoms with Crippen molar-refractivity contribution in [1.29, 1.82) is 0 Å². The third-order valence-corrected chi connectivity index (χ3v) is 3.84. The minimum atomic E-state index is -0.533. The van der Waals surface area contributed by atoms with E-state index in [1.807, 2.05) is 30.3 Å². The second-order valence-corrected chi connectivity index (χ2v) is 5.47. The summed E-state index contributed by atoms with van der Waals surface area (Å²) in [5.41, 5.74) is 2.99. The summed E-state index contributed by atoms with van der Waals surface area (Å²) >= 11 is 0. The predicted octanol–water partition coefficient (Wildman–Crippen LogP) is 1.73. The summed E-state index contributed by atoms with van der Waals surface area (Å²) in [6.45, 7) is 0.621. The molecule has 2 aromatic rings. The predicted molar refractivity (Wildman–Crippen MR) is 87.6 cm³/mol. The normalized spacial score (nSPS) is 14.3. The van der Waals surface area contributed by atoms with Gasteiger partial charge in [0.1, 0.15) is 11.4 Å². The monoisotopic (exact) mass is 310 g/mol. The number of carbonyl (C=O) groups is 1. The Morgan fingerprint density at radius 1 is 1.22 bits per heavy atom. The van der Waals surface area contributed by atoms with E-state index >= 15 is 0 Å². The van der Waals surface area contributed by atoms with Gasteiger partial charge in [-0.15, -0.1) is 0 Å².